The number of nitrogens with two attached hydrogens (primary N) is 1. The Morgan fingerprint density at radius 2 is 2.00 bits per heavy atom. The van der Waals surface area contributed by atoms with Crippen molar-refractivity contribution in [3.63, 3.8) is 0 Å². The van der Waals surface area contributed by atoms with E-state index >= 15 is 0 Å². The van der Waals surface area contributed by atoms with Crippen molar-refractivity contribution in [2.75, 3.05) is 12.5 Å². The van der Waals surface area contributed by atoms with Gasteiger partial charge in [-0.3, -0.25) is 0 Å². The summed E-state index contributed by atoms with van der Waals surface area (Å²) in [5.41, 5.74) is 6.61. The molecule has 2 N–H and O–H groups in total. The highest BCUT2D eigenvalue weighted by Gasteiger charge is 2.22. The average Bonchev–Trinajstić information content (AvgIpc) is 2.29. The first kappa shape index (κ1) is 11.0. The van der Waals surface area contributed by atoms with Crippen LogP contribution in [-0.4, -0.2) is 6.81 Å². The standard InChI is InChI=1S/C15H17F2NO/c1-15(2,3)11-7-10(18)6-9-4-5-12(17)14(13(9)11)19-8-16/h4-7H,8,18H2,1-3H3/i8D2. The van der Waals surface area contributed by atoms with Gasteiger partial charge in [0.2, 0.25) is 6.81 Å². The number of alkyl halides is 1. The van der Waals surface area contributed by atoms with Gasteiger partial charge in [0.25, 0.3) is 0 Å². The maximum absolute atomic E-state index is 14.0. The second kappa shape index (κ2) is 4.68. The summed E-state index contributed by atoms with van der Waals surface area (Å²) >= 11 is 0. The number of fused-ring (bicyclic) bond motifs is 1. The van der Waals surface area contributed by atoms with Gasteiger partial charge in [-0.15, -0.1) is 0 Å². The Balaban J connectivity index is 2.87. The molecule has 0 aliphatic rings. The fourth-order valence-electron chi connectivity index (χ4n) is 2.16. The number of ether oxygens (including phenoxy) is 1. The van der Waals surface area contributed by atoms with Gasteiger partial charge in [0.05, 0.1) is 0 Å². The molecular weight excluding hydrogens is 248 g/mol. The van der Waals surface area contributed by atoms with Crippen LogP contribution in [-0.2, 0) is 5.41 Å². The number of hydrogen-bond acceptors (Lipinski definition) is 2. The molecule has 0 heterocycles. The van der Waals surface area contributed by atoms with Crippen LogP contribution >= 0.6 is 0 Å². The van der Waals surface area contributed by atoms with Crippen molar-refractivity contribution < 1.29 is 16.3 Å². The normalized spacial score (nSPS) is 14.2. The van der Waals surface area contributed by atoms with E-state index in [1.807, 2.05) is 20.8 Å². The fourth-order valence-corrected chi connectivity index (χ4v) is 2.16. The molecule has 2 nitrogen and oxygen atoms in total. The van der Waals surface area contributed by atoms with Crippen molar-refractivity contribution >= 4 is 16.5 Å². The molecule has 0 saturated carbocycles. The van der Waals surface area contributed by atoms with Crippen molar-refractivity contribution in [2.45, 2.75) is 26.2 Å². The van der Waals surface area contributed by atoms with Gasteiger partial charge in [-0.2, -0.15) is 0 Å². The quantitative estimate of drug-likeness (QED) is 0.829. The van der Waals surface area contributed by atoms with E-state index in [0.29, 0.717) is 22.0 Å². The molecule has 2 aromatic carbocycles. The summed E-state index contributed by atoms with van der Waals surface area (Å²) in [5, 5.41) is 0.902. The maximum Gasteiger partial charge on any atom is 0.228 e. The molecule has 0 amide bonds. The zero-order chi connectivity index (χ0) is 16.0. The lowest BCUT2D eigenvalue weighted by atomic mass is 9.83. The molecule has 0 radical (unpaired) electrons. The van der Waals surface area contributed by atoms with Gasteiger partial charge in [-0.25, -0.2) is 8.78 Å². The molecule has 2 aromatic rings. The summed E-state index contributed by atoms with van der Waals surface area (Å²) in [7, 11) is 0. The van der Waals surface area contributed by atoms with E-state index in [4.69, 9.17) is 8.48 Å². The second-order valence-corrected chi connectivity index (χ2v) is 5.47. The van der Waals surface area contributed by atoms with Gasteiger partial charge in [-0.1, -0.05) is 26.8 Å². The third kappa shape index (κ3) is 2.48. The number of nitrogen functional groups attached to an aromatic ring is 1. The largest absolute Gasteiger partial charge is 0.459 e. The van der Waals surface area contributed by atoms with E-state index in [0.717, 1.165) is 6.07 Å². The van der Waals surface area contributed by atoms with Gasteiger partial charge in [-0.05, 0) is 34.6 Å². The molecule has 2 rings (SSSR count). The minimum atomic E-state index is -3.47. The SMILES string of the molecule is [2H]C([2H])(F)Oc1c(F)ccc2cc(N)cc(C(C)(C)C)c12. The molecule has 4 heteroatoms. The van der Waals surface area contributed by atoms with Gasteiger partial charge < -0.3 is 10.5 Å². The predicted molar refractivity (Wildman–Crippen MR) is 73.6 cm³/mol. The van der Waals surface area contributed by atoms with E-state index < -0.39 is 23.8 Å². The molecule has 0 aliphatic heterocycles. The number of anilines is 1. The van der Waals surface area contributed by atoms with Gasteiger partial charge >= 0.3 is 0 Å². The van der Waals surface area contributed by atoms with E-state index in [1.54, 1.807) is 12.1 Å². The van der Waals surface area contributed by atoms with E-state index in [9.17, 15) is 8.78 Å². The number of halogens is 2. The topological polar surface area (TPSA) is 35.2 Å². The van der Waals surface area contributed by atoms with Crippen molar-refractivity contribution in [3.05, 3.63) is 35.6 Å². The van der Waals surface area contributed by atoms with Crippen LogP contribution in [0.15, 0.2) is 24.3 Å². The number of benzene rings is 2. The van der Waals surface area contributed by atoms with Crippen LogP contribution in [0.25, 0.3) is 10.8 Å². The lowest BCUT2D eigenvalue weighted by molar-refractivity contribution is 0.186. The van der Waals surface area contributed by atoms with Gasteiger partial charge in [0.15, 0.2) is 11.6 Å². The van der Waals surface area contributed by atoms with Crippen LogP contribution in [0.3, 0.4) is 0 Å². The van der Waals surface area contributed by atoms with Crippen LogP contribution in [0, 0.1) is 5.82 Å². The average molecular weight is 267 g/mol. The fraction of sp³-hybridized carbons (Fsp3) is 0.333. The minimum Gasteiger partial charge on any atom is -0.459 e. The summed E-state index contributed by atoms with van der Waals surface area (Å²) in [6, 6.07) is 5.90. The second-order valence-electron chi connectivity index (χ2n) is 5.47. The third-order valence-corrected chi connectivity index (χ3v) is 2.99. The Kier molecular flexibility index (Phi) is 2.72. The lowest BCUT2D eigenvalue weighted by Gasteiger charge is -2.23. The number of hydrogen-bond donors (Lipinski definition) is 1. The van der Waals surface area contributed by atoms with Crippen molar-refractivity contribution in [2.24, 2.45) is 0 Å². The Hall–Kier alpha value is -1.84. The van der Waals surface area contributed by atoms with E-state index in [1.165, 1.54) is 6.07 Å². The van der Waals surface area contributed by atoms with Gasteiger partial charge in [0.1, 0.15) is 2.74 Å². The van der Waals surface area contributed by atoms with Crippen molar-refractivity contribution in [1.29, 1.82) is 0 Å². The Labute approximate surface area is 114 Å². The molecule has 0 aliphatic carbocycles. The van der Waals surface area contributed by atoms with Crippen molar-refractivity contribution in [1.82, 2.24) is 0 Å². The van der Waals surface area contributed by atoms with Crippen LogP contribution in [0.2, 0.25) is 0 Å². The first-order valence-electron chi connectivity index (χ1n) is 6.89. The minimum absolute atomic E-state index is 0.332. The molecule has 0 unspecified atom stereocenters. The van der Waals surface area contributed by atoms with Gasteiger partial charge in [0, 0.05) is 11.1 Å². The summed E-state index contributed by atoms with van der Waals surface area (Å²) in [4.78, 5) is 0. The zero-order valence-electron chi connectivity index (χ0n) is 13.1. The Morgan fingerprint density at radius 3 is 2.58 bits per heavy atom. The summed E-state index contributed by atoms with van der Waals surface area (Å²) in [5.74, 6) is -1.26. The van der Waals surface area contributed by atoms with E-state index in [-0.39, 0.29) is 0 Å². The predicted octanol–water partition coefficient (Wildman–Crippen LogP) is 4.16. The first-order valence-corrected chi connectivity index (χ1v) is 5.89. The van der Waals surface area contributed by atoms with Crippen LogP contribution in [0.5, 0.6) is 5.75 Å². The smallest absolute Gasteiger partial charge is 0.228 e. The molecular formula is C15H17F2NO. The Morgan fingerprint density at radius 1 is 1.32 bits per heavy atom. The Bertz CT molecular complexity index is 691. The zero-order valence-corrected chi connectivity index (χ0v) is 11.1. The highest BCUT2D eigenvalue weighted by Crippen LogP contribution is 2.39. The van der Waals surface area contributed by atoms with E-state index in [2.05, 4.69) is 4.74 Å². The molecule has 19 heavy (non-hydrogen) atoms. The number of rotatable bonds is 2. The lowest BCUT2D eigenvalue weighted by Crippen LogP contribution is -2.13. The van der Waals surface area contributed by atoms with Crippen LogP contribution < -0.4 is 10.5 Å². The summed E-state index contributed by atoms with van der Waals surface area (Å²) in [6.07, 6.45) is 0. The van der Waals surface area contributed by atoms with Crippen LogP contribution in [0.4, 0.5) is 14.5 Å². The molecule has 0 atom stereocenters. The molecule has 0 saturated heterocycles. The molecule has 0 bridgehead atoms. The summed E-state index contributed by atoms with van der Waals surface area (Å²) < 4.78 is 45.6. The molecule has 102 valence electrons. The molecule has 0 aromatic heterocycles. The summed E-state index contributed by atoms with van der Waals surface area (Å²) in [6.45, 7) is 2.24. The van der Waals surface area contributed by atoms with Crippen LogP contribution in [0.1, 0.15) is 29.1 Å². The third-order valence-electron chi connectivity index (χ3n) is 2.99. The first-order chi connectivity index (χ1) is 9.49. The maximum atomic E-state index is 14.0. The highest BCUT2D eigenvalue weighted by molar-refractivity contribution is 5.94. The molecule has 0 spiro atoms. The molecule has 0 fully saturated rings. The monoisotopic (exact) mass is 267 g/mol. The highest BCUT2D eigenvalue weighted by atomic mass is 19.1. The van der Waals surface area contributed by atoms with Crippen molar-refractivity contribution in [3.8, 4) is 5.75 Å².